The third-order valence-corrected chi connectivity index (χ3v) is 3.24. The molecule has 10 heavy (non-hydrogen) atoms. The predicted octanol–water partition coefficient (Wildman–Crippen LogP) is 2.64. The van der Waals surface area contributed by atoms with Gasteiger partial charge in [0.1, 0.15) is 4.34 Å². The molecule has 0 saturated carbocycles. The first-order chi connectivity index (χ1) is 4.61. The van der Waals surface area contributed by atoms with Crippen LogP contribution in [0.25, 0.3) is 0 Å². The fraction of sp³-hybridized carbons (Fsp3) is 0. The summed E-state index contributed by atoms with van der Waals surface area (Å²) in [6.07, 6.45) is 0. The maximum absolute atomic E-state index is 10.4. The monoisotopic (exact) mass is 216 g/mol. The Morgan fingerprint density at radius 2 is 2.20 bits per heavy atom. The molecule has 1 rings (SSSR count). The molecular weight excluding hydrogens is 215 g/mol. The van der Waals surface area contributed by atoms with E-state index in [1.165, 1.54) is 6.07 Å². The molecule has 0 fully saturated rings. The zero-order valence-electron chi connectivity index (χ0n) is 4.51. The van der Waals surface area contributed by atoms with Crippen LogP contribution in [0.1, 0.15) is 0 Å². The fourth-order valence-corrected chi connectivity index (χ4v) is 2.75. The summed E-state index contributed by atoms with van der Waals surface area (Å²) in [6.45, 7) is 0. The lowest BCUT2D eigenvalue weighted by atomic mass is 10.7. The van der Waals surface area contributed by atoms with Crippen LogP contribution < -0.4 is 0 Å². The smallest absolute Gasteiger partial charge is 0.188 e. The second-order valence-electron chi connectivity index (χ2n) is 1.44. The van der Waals surface area contributed by atoms with Crippen molar-refractivity contribution in [2.24, 2.45) is 0 Å². The van der Waals surface area contributed by atoms with E-state index in [1.54, 1.807) is 0 Å². The van der Waals surface area contributed by atoms with Gasteiger partial charge in [-0.25, -0.2) is 4.21 Å². The number of thiophene rings is 1. The Bertz CT molecular complexity index is 270. The molecular formula is C4H2Cl2O2S2. The maximum atomic E-state index is 10.4. The number of halogens is 2. The molecule has 56 valence electrons. The van der Waals surface area contributed by atoms with Crippen molar-refractivity contribution in [3.63, 3.8) is 0 Å². The molecule has 0 amide bonds. The van der Waals surface area contributed by atoms with E-state index in [0.29, 0.717) is 4.34 Å². The molecule has 0 spiro atoms. The van der Waals surface area contributed by atoms with Crippen molar-refractivity contribution in [3.8, 4) is 0 Å². The van der Waals surface area contributed by atoms with Crippen LogP contribution in [0.4, 0.5) is 0 Å². The van der Waals surface area contributed by atoms with Crippen molar-refractivity contribution in [1.29, 1.82) is 0 Å². The van der Waals surface area contributed by atoms with Crippen molar-refractivity contribution in [2.45, 2.75) is 4.90 Å². The van der Waals surface area contributed by atoms with E-state index in [-0.39, 0.29) is 9.23 Å². The van der Waals surface area contributed by atoms with Gasteiger partial charge in [0.05, 0.1) is 9.23 Å². The summed E-state index contributed by atoms with van der Waals surface area (Å²) in [7, 11) is 0. The van der Waals surface area contributed by atoms with Gasteiger partial charge in [-0.15, -0.1) is 11.3 Å². The third kappa shape index (κ3) is 1.71. The molecule has 1 N–H and O–H groups in total. The highest BCUT2D eigenvalue weighted by Crippen LogP contribution is 2.32. The summed E-state index contributed by atoms with van der Waals surface area (Å²) >= 11 is 10.1. The Morgan fingerprint density at radius 1 is 1.60 bits per heavy atom. The molecule has 1 heterocycles. The van der Waals surface area contributed by atoms with E-state index in [1.807, 2.05) is 0 Å². The lowest BCUT2D eigenvalue weighted by Gasteiger charge is -1.85. The van der Waals surface area contributed by atoms with E-state index >= 15 is 0 Å². The zero-order valence-corrected chi connectivity index (χ0v) is 7.65. The van der Waals surface area contributed by atoms with Gasteiger partial charge in [0.15, 0.2) is 11.1 Å². The molecule has 1 aromatic heterocycles. The normalized spacial score (nSPS) is 13.5. The van der Waals surface area contributed by atoms with E-state index in [9.17, 15) is 4.21 Å². The van der Waals surface area contributed by atoms with Gasteiger partial charge in [-0.1, -0.05) is 23.2 Å². The van der Waals surface area contributed by atoms with Gasteiger partial charge in [-0.2, -0.15) is 0 Å². The van der Waals surface area contributed by atoms with E-state index in [4.69, 9.17) is 27.8 Å². The van der Waals surface area contributed by atoms with Gasteiger partial charge in [-0.05, 0) is 6.07 Å². The first kappa shape index (κ1) is 8.49. The summed E-state index contributed by atoms with van der Waals surface area (Å²) in [5.41, 5.74) is 0. The summed E-state index contributed by atoms with van der Waals surface area (Å²) in [6, 6.07) is 1.38. The molecule has 1 atom stereocenters. The molecule has 0 aliphatic heterocycles. The van der Waals surface area contributed by atoms with Gasteiger partial charge >= 0.3 is 0 Å². The standard InChI is InChI=1S/C4H2Cl2O2S2/c5-3-1-2(10(7)8)4(6)9-3/h1H,(H,7,8). The average molecular weight is 217 g/mol. The second kappa shape index (κ2) is 3.19. The summed E-state index contributed by atoms with van der Waals surface area (Å²) < 4.78 is 19.7. The minimum absolute atomic E-state index is 0.177. The Kier molecular flexibility index (Phi) is 2.71. The molecule has 0 aromatic carbocycles. The van der Waals surface area contributed by atoms with E-state index in [2.05, 4.69) is 0 Å². The molecule has 0 aliphatic carbocycles. The highest BCUT2D eigenvalue weighted by molar-refractivity contribution is 7.79. The van der Waals surface area contributed by atoms with Gasteiger partial charge in [0, 0.05) is 0 Å². The number of hydrogen-bond donors (Lipinski definition) is 1. The third-order valence-electron chi connectivity index (χ3n) is 0.814. The first-order valence-corrected chi connectivity index (χ1v) is 4.85. The zero-order chi connectivity index (χ0) is 7.72. The van der Waals surface area contributed by atoms with E-state index in [0.717, 1.165) is 11.3 Å². The molecule has 0 aliphatic rings. The van der Waals surface area contributed by atoms with Crippen molar-refractivity contribution in [1.82, 2.24) is 0 Å². The second-order valence-corrected chi connectivity index (χ2v) is 4.66. The minimum atomic E-state index is -2.03. The molecule has 0 bridgehead atoms. The van der Waals surface area contributed by atoms with Gasteiger partial charge in [0.2, 0.25) is 0 Å². The topological polar surface area (TPSA) is 37.3 Å². The van der Waals surface area contributed by atoms with Crippen molar-refractivity contribution in [2.75, 3.05) is 0 Å². The van der Waals surface area contributed by atoms with Crippen LogP contribution >= 0.6 is 34.5 Å². The molecule has 1 aromatic rings. The molecule has 6 heteroatoms. The fourth-order valence-electron chi connectivity index (χ4n) is 0.444. The van der Waals surface area contributed by atoms with Crippen LogP contribution in [0.5, 0.6) is 0 Å². The SMILES string of the molecule is O=S(O)c1cc(Cl)sc1Cl. The summed E-state index contributed by atoms with van der Waals surface area (Å²) in [5.74, 6) is 0. The number of rotatable bonds is 1. The number of hydrogen-bond acceptors (Lipinski definition) is 2. The summed E-state index contributed by atoms with van der Waals surface area (Å²) in [4.78, 5) is 0.177. The van der Waals surface area contributed by atoms with Crippen molar-refractivity contribution >= 4 is 45.6 Å². The first-order valence-electron chi connectivity index (χ1n) is 2.17. The highest BCUT2D eigenvalue weighted by atomic mass is 35.5. The Labute approximate surface area is 74.1 Å². The molecule has 1 unspecified atom stereocenters. The van der Waals surface area contributed by atoms with Crippen molar-refractivity contribution < 1.29 is 8.76 Å². The van der Waals surface area contributed by atoms with Crippen LogP contribution in [0, 0.1) is 0 Å². The molecule has 2 nitrogen and oxygen atoms in total. The van der Waals surface area contributed by atoms with Crippen LogP contribution in [-0.4, -0.2) is 8.76 Å². The minimum Gasteiger partial charge on any atom is -0.302 e. The predicted molar refractivity (Wildman–Crippen MR) is 43.4 cm³/mol. The Hall–Kier alpha value is 0.390. The Balaban J connectivity index is 3.15. The highest BCUT2D eigenvalue weighted by Gasteiger charge is 2.09. The maximum Gasteiger partial charge on any atom is 0.188 e. The van der Waals surface area contributed by atoms with Gasteiger partial charge in [0.25, 0.3) is 0 Å². The van der Waals surface area contributed by atoms with Gasteiger partial charge < -0.3 is 4.55 Å². The average Bonchev–Trinajstić information content (AvgIpc) is 2.10. The lowest BCUT2D eigenvalue weighted by molar-refractivity contribution is 0.565. The van der Waals surface area contributed by atoms with Crippen molar-refractivity contribution in [3.05, 3.63) is 14.7 Å². The van der Waals surface area contributed by atoms with Crippen LogP contribution in [0.2, 0.25) is 8.67 Å². The quantitative estimate of drug-likeness (QED) is 0.734. The van der Waals surface area contributed by atoms with Gasteiger partial charge in [-0.3, -0.25) is 0 Å². The lowest BCUT2D eigenvalue weighted by Crippen LogP contribution is -1.83. The molecule has 0 radical (unpaired) electrons. The summed E-state index contributed by atoms with van der Waals surface area (Å²) in [5, 5.41) is 0. The largest absolute Gasteiger partial charge is 0.302 e. The Morgan fingerprint density at radius 3 is 2.40 bits per heavy atom. The van der Waals surface area contributed by atoms with Crippen LogP contribution in [0.15, 0.2) is 11.0 Å². The van der Waals surface area contributed by atoms with Crippen LogP contribution in [-0.2, 0) is 11.1 Å². The van der Waals surface area contributed by atoms with E-state index < -0.39 is 11.1 Å². The van der Waals surface area contributed by atoms with Crippen LogP contribution in [0.3, 0.4) is 0 Å². The molecule has 0 saturated heterocycles.